The van der Waals surface area contributed by atoms with E-state index in [1.54, 1.807) is 6.20 Å². The fraction of sp³-hybridized carbons (Fsp3) is 0.167. The Morgan fingerprint density at radius 2 is 2.50 bits per heavy atom. The van der Waals surface area contributed by atoms with Gasteiger partial charge in [0.05, 0.1) is 17.9 Å². The van der Waals surface area contributed by atoms with E-state index in [2.05, 4.69) is 31.8 Å². The number of aromatic nitrogens is 1. The van der Waals surface area contributed by atoms with E-state index >= 15 is 0 Å². The third-order valence-corrected chi connectivity index (χ3v) is 1.85. The van der Waals surface area contributed by atoms with Crippen LogP contribution in [0.4, 0.5) is 5.69 Å². The van der Waals surface area contributed by atoms with Crippen LogP contribution in [0, 0.1) is 0 Å². The zero-order valence-corrected chi connectivity index (χ0v) is 6.77. The molecule has 0 aromatic carbocycles. The van der Waals surface area contributed by atoms with Crippen LogP contribution < -0.4 is 10.9 Å². The van der Waals surface area contributed by atoms with Crippen molar-refractivity contribution in [1.82, 2.24) is 10.4 Å². The van der Waals surface area contributed by atoms with Crippen LogP contribution in [0.5, 0.6) is 0 Å². The Morgan fingerprint density at radius 1 is 1.60 bits per heavy atom. The van der Waals surface area contributed by atoms with E-state index < -0.39 is 0 Å². The van der Waals surface area contributed by atoms with Crippen molar-refractivity contribution in [2.24, 2.45) is 0 Å². The molecule has 0 radical (unpaired) electrons. The summed E-state index contributed by atoms with van der Waals surface area (Å²) < 4.78 is 1.00. The second-order valence-corrected chi connectivity index (χ2v) is 3.04. The maximum atomic E-state index is 4.19. The standard InChI is InChI=1S/C6H6BrN3/c7-4-1-5-6(8-2-4)3-9-10-5/h1-2,9-10H,3H2. The number of halogens is 1. The molecule has 0 unspecified atom stereocenters. The van der Waals surface area contributed by atoms with Crippen molar-refractivity contribution in [3.8, 4) is 0 Å². The first-order valence-corrected chi connectivity index (χ1v) is 3.79. The van der Waals surface area contributed by atoms with Crippen molar-refractivity contribution in [3.63, 3.8) is 0 Å². The van der Waals surface area contributed by atoms with Gasteiger partial charge in [-0.15, -0.1) is 0 Å². The highest BCUT2D eigenvalue weighted by Crippen LogP contribution is 2.20. The minimum absolute atomic E-state index is 0.808. The predicted octanol–water partition coefficient (Wildman–Crippen LogP) is 1.27. The lowest BCUT2D eigenvalue weighted by Gasteiger charge is -1.95. The van der Waals surface area contributed by atoms with Gasteiger partial charge in [0, 0.05) is 10.7 Å². The first-order chi connectivity index (χ1) is 4.86. The maximum Gasteiger partial charge on any atom is 0.0805 e. The second-order valence-electron chi connectivity index (χ2n) is 2.13. The molecule has 4 heteroatoms. The highest BCUT2D eigenvalue weighted by Gasteiger charge is 2.09. The molecule has 10 heavy (non-hydrogen) atoms. The van der Waals surface area contributed by atoms with Gasteiger partial charge >= 0.3 is 0 Å². The molecule has 0 fully saturated rings. The van der Waals surface area contributed by atoms with Gasteiger partial charge in [-0.2, -0.15) is 0 Å². The molecule has 3 nitrogen and oxygen atoms in total. The van der Waals surface area contributed by atoms with Crippen LogP contribution in [-0.4, -0.2) is 4.98 Å². The summed E-state index contributed by atoms with van der Waals surface area (Å²) in [4.78, 5) is 4.19. The lowest BCUT2D eigenvalue weighted by atomic mass is 10.3. The average Bonchev–Trinajstić information content (AvgIpc) is 2.33. The summed E-state index contributed by atoms with van der Waals surface area (Å²) in [5, 5.41) is 0. The number of nitrogens with one attached hydrogen (secondary N) is 2. The molecule has 2 N–H and O–H groups in total. The first kappa shape index (κ1) is 6.12. The lowest BCUT2D eigenvalue weighted by molar-refractivity contribution is 0.841. The molecule has 2 rings (SSSR count). The second kappa shape index (κ2) is 2.21. The summed E-state index contributed by atoms with van der Waals surface area (Å²) >= 11 is 3.33. The molecule has 1 aromatic rings. The molecule has 0 saturated heterocycles. The maximum absolute atomic E-state index is 4.19. The summed E-state index contributed by atoms with van der Waals surface area (Å²) in [5.41, 5.74) is 8.12. The van der Waals surface area contributed by atoms with Crippen LogP contribution in [-0.2, 0) is 6.54 Å². The van der Waals surface area contributed by atoms with Gasteiger partial charge in [0.15, 0.2) is 0 Å². The Labute approximate surface area is 66.9 Å². The van der Waals surface area contributed by atoms with Crippen LogP contribution in [0.15, 0.2) is 16.7 Å². The van der Waals surface area contributed by atoms with Crippen LogP contribution >= 0.6 is 15.9 Å². The van der Waals surface area contributed by atoms with Crippen molar-refractivity contribution in [2.45, 2.75) is 6.54 Å². The third kappa shape index (κ3) is 0.892. The molecule has 0 spiro atoms. The molecule has 0 aliphatic carbocycles. The van der Waals surface area contributed by atoms with Crippen LogP contribution in [0.3, 0.4) is 0 Å². The van der Waals surface area contributed by atoms with Gasteiger partial charge in [-0.1, -0.05) is 0 Å². The fourth-order valence-corrected chi connectivity index (χ4v) is 1.27. The van der Waals surface area contributed by atoms with Gasteiger partial charge in [0.25, 0.3) is 0 Å². The summed E-state index contributed by atoms with van der Waals surface area (Å²) in [6.07, 6.45) is 1.80. The molecule has 0 bridgehead atoms. The van der Waals surface area contributed by atoms with Crippen LogP contribution in [0.2, 0.25) is 0 Å². The van der Waals surface area contributed by atoms with Gasteiger partial charge in [-0.3, -0.25) is 4.98 Å². The summed E-state index contributed by atoms with van der Waals surface area (Å²) in [6.45, 7) is 0.808. The number of hydrogen-bond acceptors (Lipinski definition) is 3. The highest BCUT2D eigenvalue weighted by molar-refractivity contribution is 9.10. The molecule has 0 atom stereocenters. The SMILES string of the molecule is Brc1cnc2c(c1)NNC2. The molecule has 0 amide bonds. The van der Waals surface area contributed by atoms with Gasteiger partial charge in [0.1, 0.15) is 0 Å². The number of rotatable bonds is 0. The molecule has 1 aromatic heterocycles. The van der Waals surface area contributed by atoms with Crippen LogP contribution in [0.1, 0.15) is 5.69 Å². The van der Waals surface area contributed by atoms with Gasteiger partial charge < -0.3 is 5.43 Å². The molecular weight excluding hydrogens is 194 g/mol. The Bertz CT molecular complexity index is 261. The number of pyridine rings is 1. The Hall–Kier alpha value is -0.610. The largest absolute Gasteiger partial charge is 0.319 e. The van der Waals surface area contributed by atoms with E-state index in [1.807, 2.05) is 6.07 Å². The normalized spacial score (nSPS) is 14.5. The van der Waals surface area contributed by atoms with E-state index in [0.29, 0.717) is 0 Å². The van der Waals surface area contributed by atoms with Crippen LogP contribution in [0.25, 0.3) is 0 Å². The number of fused-ring (bicyclic) bond motifs is 1. The quantitative estimate of drug-likeness (QED) is 0.662. The first-order valence-electron chi connectivity index (χ1n) is 2.99. The summed E-state index contributed by atoms with van der Waals surface area (Å²) in [6, 6.07) is 2.00. The smallest absolute Gasteiger partial charge is 0.0805 e. The molecule has 0 saturated carbocycles. The van der Waals surface area contributed by atoms with Crippen molar-refractivity contribution in [3.05, 3.63) is 22.4 Å². The number of nitrogens with zero attached hydrogens (tertiary/aromatic N) is 1. The molecule has 52 valence electrons. The van der Waals surface area contributed by atoms with Crippen molar-refractivity contribution >= 4 is 21.6 Å². The Balaban J connectivity index is 2.52. The number of hydrogen-bond donors (Lipinski definition) is 2. The molecular formula is C6H6BrN3. The third-order valence-electron chi connectivity index (χ3n) is 1.42. The molecule has 1 aliphatic heterocycles. The summed E-state index contributed by atoms with van der Waals surface area (Å²) in [7, 11) is 0. The zero-order valence-electron chi connectivity index (χ0n) is 5.19. The van der Waals surface area contributed by atoms with E-state index in [9.17, 15) is 0 Å². The zero-order chi connectivity index (χ0) is 6.97. The minimum Gasteiger partial charge on any atom is -0.319 e. The minimum atomic E-state index is 0.808. The Kier molecular flexibility index (Phi) is 1.35. The Morgan fingerprint density at radius 3 is 3.40 bits per heavy atom. The van der Waals surface area contributed by atoms with Gasteiger partial charge in [-0.25, -0.2) is 5.43 Å². The molecule has 1 aliphatic rings. The highest BCUT2D eigenvalue weighted by atomic mass is 79.9. The number of anilines is 1. The number of hydrazine groups is 1. The van der Waals surface area contributed by atoms with Crippen molar-refractivity contribution < 1.29 is 0 Å². The fourth-order valence-electron chi connectivity index (χ4n) is 0.940. The topological polar surface area (TPSA) is 37.0 Å². The predicted molar refractivity (Wildman–Crippen MR) is 42.4 cm³/mol. The van der Waals surface area contributed by atoms with E-state index in [-0.39, 0.29) is 0 Å². The van der Waals surface area contributed by atoms with Crippen molar-refractivity contribution in [2.75, 3.05) is 5.43 Å². The molecule has 2 heterocycles. The van der Waals surface area contributed by atoms with E-state index in [4.69, 9.17) is 0 Å². The van der Waals surface area contributed by atoms with E-state index in [0.717, 1.165) is 22.4 Å². The summed E-state index contributed by atoms with van der Waals surface area (Å²) in [5.74, 6) is 0. The van der Waals surface area contributed by atoms with Crippen molar-refractivity contribution in [1.29, 1.82) is 0 Å². The van der Waals surface area contributed by atoms with Gasteiger partial charge in [-0.05, 0) is 22.0 Å². The average molecular weight is 200 g/mol. The van der Waals surface area contributed by atoms with E-state index in [1.165, 1.54) is 0 Å². The monoisotopic (exact) mass is 199 g/mol. The lowest BCUT2D eigenvalue weighted by Crippen LogP contribution is -2.10. The van der Waals surface area contributed by atoms with Gasteiger partial charge in [0.2, 0.25) is 0 Å².